The van der Waals surface area contributed by atoms with E-state index in [9.17, 15) is 4.79 Å². The molecule has 0 bridgehead atoms. The maximum absolute atomic E-state index is 12.1. The van der Waals surface area contributed by atoms with E-state index in [2.05, 4.69) is 5.32 Å². The fraction of sp³-hybridized carbons (Fsp3) is 0.235. The minimum Gasteiger partial charge on any atom is -0.375 e. The molecule has 1 unspecified atom stereocenters. The molecule has 21 heavy (non-hydrogen) atoms. The molecule has 0 aliphatic heterocycles. The molecule has 3 nitrogen and oxygen atoms in total. The van der Waals surface area contributed by atoms with Gasteiger partial charge in [0.15, 0.2) is 0 Å². The van der Waals surface area contributed by atoms with E-state index in [4.69, 9.17) is 4.74 Å². The van der Waals surface area contributed by atoms with Crippen molar-refractivity contribution in [2.24, 2.45) is 0 Å². The summed E-state index contributed by atoms with van der Waals surface area (Å²) in [5.41, 5.74) is 1.72. The van der Waals surface area contributed by atoms with Crippen molar-refractivity contribution in [2.45, 2.75) is 11.0 Å². The first kappa shape index (κ1) is 15.6. The lowest BCUT2D eigenvalue weighted by atomic mass is 10.1. The van der Waals surface area contributed by atoms with Crippen LogP contribution in [0, 0.1) is 0 Å². The molecular weight excluding hydrogens is 282 g/mol. The highest BCUT2D eigenvalue weighted by molar-refractivity contribution is 7.98. The van der Waals surface area contributed by atoms with Crippen LogP contribution in [0.4, 0.5) is 0 Å². The van der Waals surface area contributed by atoms with Gasteiger partial charge in [0.25, 0.3) is 5.91 Å². The quantitative estimate of drug-likeness (QED) is 0.830. The number of nitrogens with one attached hydrogen (secondary N) is 1. The average Bonchev–Trinajstić information content (AvgIpc) is 2.56. The minimum absolute atomic E-state index is 0.0827. The number of carbonyl (C=O) groups is 1. The summed E-state index contributed by atoms with van der Waals surface area (Å²) >= 11 is 1.66. The Bertz CT molecular complexity index is 569. The van der Waals surface area contributed by atoms with Crippen LogP contribution in [0.1, 0.15) is 22.0 Å². The molecule has 1 N–H and O–H groups in total. The van der Waals surface area contributed by atoms with Gasteiger partial charge in [-0.25, -0.2) is 0 Å². The van der Waals surface area contributed by atoms with E-state index in [0.717, 1.165) is 10.5 Å². The summed E-state index contributed by atoms with van der Waals surface area (Å²) in [4.78, 5) is 13.3. The summed E-state index contributed by atoms with van der Waals surface area (Å²) in [6, 6.07) is 17.4. The number of ether oxygens (including phenoxy) is 1. The first-order chi connectivity index (χ1) is 10.2. The van der Waals surface area contributed by atoms with Gasteiger partial charge in [-0.15, -0.1) is 11.8 Å². The van der Waals surface area contributed by atoms with Gasteiger partial charge in [-0.1, -0.05) is 30.3 Å². The van der Waals surface area contributed by atoms with Crippen LogP contribution in [0.15, 0.2) is 59.5 Å². The summed E-state index contributed by atoms with van der Waals surface area (Å²) < 4.78 is 5.44. The Morgan fingerprint density at radius 3 is 2.38 bits per heavy atom. The number of amides is 1. The van der Waals surface area contributed by atoms with Gasteiger partial charge in [0.1, 0.15) is 0 Å². The SMILES string of the molecule is COC(CNC(=O)c1ccc(SC)cc1)c1ccccc1. The third-order valence-corrected chi connectivity index (χ3v) is 4.00. The number of hydrogen-bond acceptors (Lipinski definition) is 3. The highest BCUT2D eigenvalue weighted by Crippen LogP contribution is 2.16. The van der Waals surface area contributed by atoms with E-state index in [1.807, 2.05) is 60.9 Å². The van der Waals surface area contributed by atoms with E-state index >= 15 is 0 Å². The van der Waals surface area contributed by atoms with Gasteiger partial charge in [0, 0.05) is 24.1 Å². The summed E-state index contributed by atoms with van der Waals surface area (Å²) in [5.74, 6) is -0.0827. The van der Waals surface area contributed by atoms with Crippen molar-refractivity contribution < 1.29 is 9.53 Å². The van der Waals surface area contributed by atoms with Crippen molar-refractivity contribution >= 4 is 17.7 Å². The molecule has 0 fully saturated rings. The van der Waals surface area contributed by atoms with E-state index in [0.29, 0.717) is 12.1 Å². The van der Waals surface area contributed by atoms with Crippen LogP contribution < -0.4 is 5.32 Å². The zero-order valence-electron chi connectivity index (χ0n) is 12.2. The normalized spacial score (nSPS) is 11.9. The Hall–Kier alpha value is -1.78. The molecule has 0 saturated carbocycles. The molecule has 0 aliphatic rings. The van der Waals surface area contributed by atoms with Crippen molar-refractivity contribution in [3.63, 3.8) is 0 Å². The molecule has 1 amide bonds. The van der Waals surface area contributed by atoms with Crippen molar-refractivity contribution in [1.29, 1.82) is 0 Å². The predicted molar refractivity (Wildman–Crippen MR) is 86.7 cm³/mol. The third kappa shape index (κ3) is 4.34. The monoisotopic (exact) mass is 301 g/mol. The van der Waals surface area contributed by atoms with Crippen LogP contribution >= 0.6 is 11.8 Å². The van der Waals surface area contributed by atoms with Gasteiger partial charge in [-0.05, 0) is 36.1 Å². The summed E-state index contributed by atoms with van der Waals surface area (Å²) in [7, 11) is 1.65. The number of thioether (sulfide) groups is 1. The molecule has 0 heterocycles. The zero-order valence-corrected chi connectivity index (χ0v) is 13.0. The Balaban J connectivity index is 1.96. The molecule has 4 heteroatoms. The zero-order chi connectivity index (χ0) is 15.1. The van der Waals surface area contributed by atoms with Gasteiger partial charge < -0.3 is 10.1 Å². The maximum Gasteiger partial charge on any atom is 0.251 e. The summed E-state index contributed by atoms with van der Waals surface area (Å²) in [6.45, 7) is 0.448. The topological polar surface area (TPSA) is 38.3 Å². The molecule has 2 aromatic rings. The Morgan fingerprint density at radius 1 is 1.14 bits per heavy atom. The second-order valence-corrected chi connectivity index (χ2v) is 5.45. The highest BCUT2D eigenvalue weighted by Gasteiger charge is 2.12. The van der Waals surface area contributed by atoms with Crippen molar-refractivity contribution in [3.8, 4) is 0 Å². The second kappa shape index (κ2) is 7.86. The predicted octanol–water partition coefficient (Wildman–Crippen LogP) is 3.53. The van der Waals surface area contributed by atoms with Crippen LogP contribution in [-0.2, 0) is 4.74 Å². The minimum atomic E-state index is -0.138. The molecule has 0 aromatic heterocycles. The van der Waals surface area contributed by atoms with E-state index < -0.39 is 0 Å². The molecular formula is C17H19NO2S. The Labute approximate surface area is 129 Å². The largest absolute Gasteiger partial charge is 0.375 e. The van der Waals surface area contributed by atoms with E-state index in [-0.39, 0.29) is 12.0 Å². The van der Waals surface area contributed by atoms with Gasteiger partial charge >= 0.3 is 0 Å². The molecule has 2 aromatic carbocycles. The Morgan fingerprint density at radius 2 is 1.81 bits per heavy atom. The lowest BCUT2D eigenvalue weighted by molar-refractivity contribution is 0.0828. The Kier molecular flexibility index (Phi) is 5.84. The van der Waals surface area contributed by atoms with Gasteiger partial charge in [0.2, 0.25) is 0 Å². The van der Waals surface area contributed by atoms with Crippen LogP contribution in [0.3, 0.4) is 0 Å². The molecule has 1 atom stereocenters. The lowest BCUT2D eigenvalue weighted by Crippen LogP contribution is -2.29. The van der Waals surface area contributed by atoms with E-state index in [1.54, 1.807) is 18.9 Å². The van der Waals surface area contributed by atoms with Gasteiger partial charge in [-0.3, -0.25) is 4.79 Å². The smallest absolute Gasteiger partial charge is 0.251 e. The van der Waals surface area contributed by atoms with Crippen molar-refractivity contribution in [3.05, 3.63) is 65.7 Å². The molecule has 110 valence electrons. The average molecular weight is 301 g/mol. The van der Waals surface area contributed by atoms with E-state index in [1.165, 1.54) is 0 Å². The standard InChI is InChI=1S/C17H19NO2S/c1-20-16(13-6-4-3-5-7-13)12-18-17(19)14-8-10-15(21-2)11-9-14/h3-11,16H,12H2,1-2H3,(H,18,19). The molecule has 2 rings (SSSR count). The molecule has 0 saturated heterocycles. The number of carbonyl (C=O) groups excluding carboxylic acids is 1. The number of hydrogen-bond donors (Lipinski definition) is 1. The van der Waals surface area contributed by atoms with Crippen LogP contribution in [0.5, 0.6) is 0 Å². The number of rotatable bonds is 6. The summed E-state index contributed by atoms with van der Waals surface area (Å²) in [6.07, 6.45) is 1.87. The molecule has 0 radical (unpaired) electrons. The maximum atomic E-state index is 12.1. The third-order valence-electron chi connectivity index (χ3n) is 3.26. The highest BCUT2D eigenvalue weighted by atomic mass is 32.2. The van der Waals surface area contributed by atoms with Crippen LogP contribution in [0.2, 0.25) is 0 Å². The summed E-state index contributed by atoms with van der Waals surface area (Å²) in [5, 5.41) is 2.92. The fourth-order valence-electron chi connectivity index (χ4n) is 2.03. The number of benzene rings is 2. The second-order valence-electron chi connectivity index (χ2n) is 4.57. The molecule has 0 spiro atoms. The number of methoxy groups -OCH3 is 1. The van der Waals surface area contributed by atoms with Crippen molar-refractivity contribution in [1.82, 2.24) is 5.32 Å². The first-order valence-corrected chi connectivity index (χ1v) is 7.97. The first-order valence-electron chi connectivity index (χ1n) is 6.74. The van der Waals surface area contributed by atoms with Gasteiger partial charge in [-0.2, -0.15) is 0 Å². The van der Waals surface area contributed by atoms with Gasteiger partial charge in [0.05, 0.1) is 6.10 Å². The van der Waals surface area contributed by atoms with Crippen LogP contribution in [-0.4, -0.2) is 25.8 Å². The van der Waals surface area contributed by atoms with Crippen molar-refractivity contribution in [2.75, 3.05) is 19.9 Å². The molecule has 0 aliphatic carbocycles. The fourth-order valence-corrected chi connectivity index (χ4v) is 2.44. The lowest BCUT2D eigenvalue weighted by Gasteiger charge is -2.16. The van der Waals surface area contributed by atoms with Crippen LogP contribution in [0.25, 0.3) is 0 Å².